The summed E-state index contributed by atoms with van der Waals surface area (Å²) in [5.74, 6) is 0.0531. The van der Waals surface area contributed by atoms with E-state index in [0.29, 0.717) is 12.8 Å². The lowest BCUT2D eigenvalue weighted by atomic mass is 10.0. The molecular weight excluding hydrogens is 548 g/mol. The first-order chi connectivity index (χ1) is 17.5. The molecule has 0 radical (unpaired) electrons. The minimum absolute atomic E-state index is 0.0245. The summed E-state index contributed by atoms with van der Waals surface area (Å²) in [5, 5.41) is 12.8. The molecule has 16 heteroatoms. The Morgan fingerprint density at radius 3 is 2.45 bits per heavy atom. The summed E-state index contributed by atoms with van der Waals surface area (Å²) in [7, 11) is -8.11. The quantitative estimate of drug-likeness (QED) is 0.486. The van der Waals surface area contributed by atoms with E-state index in [4.69, 9.17) is 4.74 Å². The summed E-state index contributed by atoms with van der Waals surface area (Å²) in [6.07, 6.45) is -0.341. The Morgan fingerprint density at radius 1 is 1.26 bits per heavy atom. The largest absolute Gasteiger partial charge is 0.485 e. The third kappa shape index (κ3) is 5.29. The molecule has 2 aromatic rings. The van der Waals surface area contributed by atoms with Crippen LogP contribution < -0.4 is 18.7 Å². The molecule has 1 aromatic carbocycles. The van der Waals surface area contributed by atoms with E-state index in [2.05, 4.69) is 9.82 Å². The highest BCUT2D eigenvalue weighted by atomic mass is 32.2. The van der Waals surface area contributed by atoms with Crippen molar-refractivity contribution < 1.29 is 40.3 Å². The van der Waals surface area contributed by atoms with Crippen molar-refractivity contribution in [3.8, 4) is 5.75 Å². The van der Waals surface area contributed by atoms with Crippen LogP contribution in [0, 0.1) is 6.92 Å². The first-order valence-electron chi connectivity index (χ1n) is 11.7. The van der Waals surface area contributed by atoms with E-state index < -0.39 is 54.5 Å². The summed E-state index contributed by atoms with van der Waals surface area (Å²) >= 11 is 0. The molecule has 1 aliphatic carbocycles. The van der Waals surface area contributed by atoms with Gasteiger partial charge in [0.2, 0.25) is 10.0 Å². The number of aromatic nitrogens is 2. The zero-order valence-electron chi connectivity index (χ0n) is 21.1. The first kappa shape index (κ1) is 28.0. The molecule has 1 fully saturated rings. The minimum atomic E-state index is -4.51. The van der Waals surface area contributed by atoms with Crippen LogP contribution in [0.5, 0.6) is 5.75 Å². The Kier molecular flexibility index (Phi) is 7.12. The standard InChI is InChI=1S/C22H29F2N5O7S2/c1-13-19(11-25-29(13)20(23)24)38(34,35)27-12-15(10-26-37(32,33)16-6-7-16)36-18-8-5-14(9-17(18)27)28(21(30)31)22(2,3)4/h5,8-9,11,15-16,20,26H,6-7,10,12H2,1-4H3,(H,30,31). The summed E-state index contributed by atoms with van der Waals surface area (Å²) in [6.45, 7) is 2.51. The van der Waals surface area contributed by atoms with Gasteiger partial charge in [0.15, 0.2) is 0 Å². The monoisotopic (exact) mass is 577 g/mol. The number of hydrogen-bond donors (Lipinski definition) is 2. The molecular formula is C22H29F2N5O7S2. The lowest BCUT2D eigenvalue weighted by Gasteiger charge is -2.38. The molecule has 4 rings (SSSR count). The van der Waals surface area contributed by atoms with Gasteiger partial charge < -0.3 is 9.84 Å². The number of rotatable bonds is 8. The van der Waals surface area contributed by atoms with Crippen molar-refractivity contribution in [3.05, 3.63) is 30.1 Å². The van der Waals surface area contributed by atoms with Crippen LogP contribution in [0.1, 0.15) is 45.9 Å². The molecule has 1 amide bonds. The predicted octanol–water partition coefficient (Wildman–Crippen LogP) is 2.91. The third-order valence-electron chi connectivity index (χ3n) is 6.22. The molecule has 1 aromatic heterocycles. The Bertz CT molecular complexity index is 1450. The van der Waals surface area contributed by atoms with Crippen molar-refractivity contribution in [1.82, 2.24) is 14.5 Å². The number of carboxylic acid groups (broad SMARTS) is 1. The summed E-state index contributed by atoms with van der Waals surface area (Å²) in [5.41, 5.74) is -1.06. The molecule has 1 atom stereocenters. The number of hydrogen-bond acceptors (Lipinski definition) is 7. The van der Waals surface area contributed by atoms with Gasteiger partial charge in [0.1, 0.15) is 16.7 Å². The van der Waals surface area contributed by atoms with Crippen LogP contribution in [0.25, 0.3) is 0 Å². The Balaban J connectivity index is 1.78. The Labute approximate surface area is 219 Å². The average molecular weight is 578 g/mol. The van der Waals surface area contributed by atoms with Crippen molar-refractivity contribution >= 4 is 37.5 Å². The average Bonchev–Trinajstić information content (AvgIpc) is 3.58. The topological polar surface area (TPSA) is 151 Å². The molecule has 2 N–H and O–H groups in total. The molecule has 38 heavy (non-hydrogen) atoms. The summed E-state index contributed by atoms with van der Waals surface area (Å²) in [6, 6.07) is 4.16. The number of halogens is 2. The smallest absolute Gasteiger partial charge is 0.412 e. The number of fused-ring (bicyclic) bond motifs is 1. The van der Waals surface area contributed by atoms with E-state index >= 15 is 0 Å². The number of alkyl halides is 2. The van der Waals surface area contributed by atoms with E-state index in [9.17, 15) is 35.5 Å². The lowest BCUT2D eigenvalue weighted by Crippen LogP contribution is -2.49. The van der Waals surface area contributed by atoms with Gasteiger partial charge in [-0.3, -0.25) is 9.21 Å². The number of amides is 1. The van der Waals surface area contributed by atoms with Crippen molar-refractivity contribution in [1.29, 1.82) is 0 Å². The van der Waals surface area contributed by atoms with Crippen LogP contribution in [0.3, 0.4) is 0 Å². The van der Waals surface area contributed by atoms with Gasteiger partial charge in [-0.1, -0.05) is 0 Å². The normalized spacial score (nSPS) is 18.3. The van der Waals surface area contributed by atoms with E-state index in [1.807, 2.05) is 0 Å². The maximum Gasteiger partial charge on any atom is 0.412 e. The second-order valence-electron chi connectivity index (χ2n) is 10.1. The van der Waals surface area contributed by atoms with Gasteiger partial charge in [-0.2, -0.15) is 13.9 Å². The van der Waals surface area contributed by atoms with Crippen molar-refractivity contribution in [2.24, 2.45) is 0 Å². The molecule has 1 aliphatic heterocycles. The van der Waals surface area contributed by atoms with Gasteiger partial charge in [0, 0.05) is 12.1 Å². The lowest BCUT2D eigenvalue weighted by molar-refractivity contribution is 0.0541. The summed E-state index contributed by atoms with van der Waals surface area (Å²) < 4.78 is 88.4. The second-order valence-corrected chi connectivity index (χ2v) is 14.0. The highest BCUT2D eigenvalue weighted by molar-refractivity contribution is 7.93. The van der Waals surface area contributed by atoms with Crippen molar-refractivity contribution in [3.63, 3.8) is 0 Å². The van der Waals surface area contributed by atoms with Crippen molar-refractivity contribution in [2.45, 2.75) is 68.9 Å². The molecule has 2 heterocycles. The molecule has 1 unspecified atom stereocenters. The maximum atomic E-state index is 13.8. The number of ether oxygens (including phenoxy) is 1. The Hall–Kier alpha value is -2.98. The van der Waals surface area contributed by atoms with Gasteiger partial charge in [-0.25, -0.2) is 31.0 Å². The van der Waals surface area contributed by atoms with Gasteiger partial charge >= 0.3 is 12.6 Å². The second kappa shape index (κ2) is 9.64. The molecule has 0 saturated heterocycles. The fourth-order valence-corrected chi connectivity index (χ4v) is 7.30. The first-order valence-corrected chi connectivity index (χ1v) is 14.7. The van der Waals surface area contributed by atoms with Crippen LogP contribution in [0.4, 0.5) is 25.0 Å². The predicted molar refractivity (Wildman–Crippen MR) is 134 cm³/mol. The van der Waals surface area contributed by atoms with E-state index in [-0.39, 0.29) is 40.6 Å². The van der Waals surface area contributed by atoms with Crippen LogP contribution in [-0.4, -0.2) is 67.8 Å². The molecule has 0 spiro atoms. The fourth-order valence-electron chi connectivity index (χ4n) is 4.24. The number of benzene rings is 1. The number of nitrogens with one attached hydrogen (secondary N) is 1. The van der Waals surface area contributed by atoms with Crippen molar-refractivity contribution in [2.75, 3.05) is 22.3 Å². The van der Waals surface area contributed by atoms with Crippen LogP contribution in [-0.2, 0) is 20.0 Å². The zero-order chi connectivity index (χ0) is 28.2. The highest BCUT2D eigenvalue weighted by Gasteiger charge is 2.40. The molecule has 0 bridgehead atoms. The number of carbonyl (C=O) groups is 1. The van der Waals surface area contributed by atoms with Crippen LogP contribution >= 0.6 is 0 Å². The molecule has 1 saturated carbocycles. The zero-order valence-corrected chi connectivity index (χ0v) is 22.8. The van der Waals surface area contributed by atoms with E-state index in [1.54, 1.807) is 20.8 Å². The summed E-state index contributed by atoms with van der Waals surface area (Å²) in [4.78, 5) is 12.6. The van der Waals surface area contributed by atoms with Crippen LogP contribution in [0.15, 0.2) is 29.3 Å². The van der Waals surface area contributed by atoms with Gasteiger partial charge in [-0.05, 0) is 58.7 Å². The van der Waals surface area contributed by atoms with Crippen LogP contribution in [0.2, 0.25) is 0 Å². The third-order valence-corrected chi connectivity index (χ3v) is 10.0. The number of nitrogens with zero attached hydrogens (tertiary/aromatic N) is 4. The maximum absolute atomic E-state index is 13.8. The SMILES string of the molecule is Cc1c(S(=O)(=O)N2CC(CNS(=O)(=O)C3CC3)Oc3ccc(N(C(=O)O)C(C)(C)C)cc32)cnn1C(F)F. The number of sulfonamides is 2. The Morgan fingerprint density at radius 2 is 1.92 bits per heavy atom. The van der Waals surface area contributed by atoms with E-state index in [1.165, 1.54) is 25.1 Å². The molecule has 12 nitrogen and oxygen atoms in total. The fraction of sp³-hybridized carbons (Fsp3) is 0.545. The van der Waals surface area contributed by atoms with E-state index in [0.717, 1.165) is 15.4 Å². The highest BCUT2D eigenvalue weighted by Crippen LogP contribution is 2.41. The minimum Gasteiger partial charge on any atom is -0.485 e. The molecule has 2 aliphatic rings. The molecule has 210 valence electrons. The van der Waals surface area contributed by atoms with Gasteiger partial charge in [-0.15, -0.1) is 0 Å². The van der Waals surface area contributed by atoms with Gasteiger partial charge in [0.05, 0.1) is 35.1 Å². The van der Waals surface area contributed by atoms with Gasteiger partial charge in [0.25, 0.3) is 10.0 Å². The number of anilines is 2.